The fourth-order valence-electron chi connectivity index (χ4n) is 1.60. The topological polar surface area (TPSA) is 16.6 Å². The van der Waals surface area contributed by atoms with Crippen LogP contribution in [0.1, 0.15) is 25.7 Å². The summed E-state index contributed by atoms with van der Waals surface area (Å²) in [7, 11) is 0. The first-order valence-corrected chi connectivity index (χ1v) is 5.85. The van der Waals surface area contributed by atoms with E-state index in [1.807, 2.05) is 0 Å². The third-order valence-corrected chi connectivity index (χ3v) is 2.60. The molecule has 0 amide bonds. The number of nitrogens with two attached hydrogens (primary N) is 1. The third-order valence-electron chi connectivity index (χ3n) is 2.60. The number of hydrogen-bond donors (Lipinski definition) is 1. The lowest BCUT2D eigenvalue weighted by Crippen LogP contribution is -2.83. The first-order valence-electron chi connectivity index (χ1n) is 5.85. The maximum Gasteiger partial charge on any atom is 0.233 e. The van der Waals surface area contributed by atoms with E-state index in [2.05, 4.69) is 0 Å². The molecule has 1 aromatic carbocycles. The van der Waals surface area contributed by atoms with Crippen molar-refractivity contribution >= 4 is 5.69 Å². The van der Waals surface area contributed by atoms with Crippen molar-refractivity contribution in [2.45, 2.75) is 32.0 Å². The molecule has 7 heteroatoms. The second kappa shape index (κ2) is 7.37. The molecule has 1 unspecified atom stereocenters. The predicted molar refractivity (Wildman–Crippen MR) is 57.2 cm³/mol. The fraction of sp³-hybridized carbons (Fsp3) is 0.500. The van der Waals surface area contributed by atoms with Crippen LogP contribution >= 0.6 is 0 Å². The molecular weight excluding hydrogens is 272 g/mol. The van der Waals surface area contributed by atoms with E-state index in [9.17, 15) is 26.3 Å². The Balaban J connectivity index is 2.62. The Morgan fingerprint density at radius 3 is 2.26 bits per heavy atom. The van der Waals surface area contributed by atoms with E-state index in [1.165, 1.54) is 0 Å². The minimum Gasteiger partial charge on any atom is -0.282 e. The van der Waals surface area contributed by atoms with Gasteiger partial charge in [0.25, 0.3) is 0 Å². The van der Waals surface area contributed by atoms with E-state index in [0.29, 0.717) is 30.6 Å². The fourth-order valence-corrected chi connectivity index (χ4v) is 1.60. The van der Waals surface area contributed by atoms with Gasteiger partial charge in [-0.15, -0.1) is 0 Å². The van der Waals surface area contributed by atoms with Crippen molar-refractivity contribution in [2.75, 3.05) is 6.67 Å². The Kier molecular flexibility index (Phi) is 6.14. The van der Waals surface area contributed by atoms with Gasteiger partial charge in [-0.2, -0.15) is 8.78 Å². The molecule has 0 aliphatic rings. The van der Waals surface area contributed by atoms with Gasteiger partial charge in [0.1, 0.15) is 0 Å². The predicted octanol–water partition coefficient (Wildman–Crippen LogP) is 3.26. The molecule has 108 valence electrons. The average molecular weight is 286 g/mol. The van der Waals surface area contributed by atoms with Crippen molar-refractivity contribution in [3.8, 4) is 0 Å². The third kappa shape index (κ3) is 4.41. The van der Waals surface area contributed by atoms with Crippen LogP contribution in [0.2, 0.25) is 0 Å². The maximum atomic E-state index is 13.4. The van der Waals surface area contributed by atoms with Gasteiger partial charge < -0.3 is 0 Å². The molecule has 19 heavy (non-hydrogen) atoms. The van der Waals surface area contributed by atoms with Gasteiger partial charge in [0.15, 0.2) is 17.3 Å². The first kappa shape index (κ1) is 15.8. The number of quaternary nitrogens is 1. The summed E-state index contributed by atoms with van der Waals surface area (Å²) in [6, 6.07) is 0.405. The zero-order chi connectivity index (χ0) is 14.4. The number of unbranched alkanes of at least 4 members (excludes halogenated alkanes) is 2. The van der Waals surface area contributed by atoms with Gasteiger partial charge in [-0.05, 0) is 12.8 Å². The molecule has 0 aliphatic carbocycles. The van der Waals surface area contributed by atoms with Crippen LogP contribution in [-0.2, 0) is 0 Å². The Morgan fingerprint density at radius 2 is 1.63 bits per heavy atom. The molecule has 0 saturated carbocycles. The molecule has 0 aromatic heterocycles. The summed E-state index contributed by atoms with van der Waals surface area (Å²) in [6.45, 7) is -0.496. The zero-order valence-corrected chi connectivity index (χ0v) is 10.0. The Labute approximate surface area is 106 Å². The van der Waals surface area contributed by atoms with Gasteiger partial charge in [0, 0.05) is 12.5 Å². The molecule has 0 spiro atoms. The monoisotopic (exact) mass is 286 g/mol. The largest absolute Gasteiger partial charge is 0.282 e. The number of hydrogen-bond acceptors (Lipinski definition) is 0. The van der Waals surface area contributed by atoms with Crippen molar-refractivity contribution < 1.29 is 31.7 Å². The molecule has 1 nitrogen and oxygen atoms in total. The van der Waals surface area contributed by atoms with Crippen molar-refractivity contribution in [3.05, 3.63) is 29.3 Å². The van der Waals surface area contributed by atoms with Gasteiger partial charge >= 0.3 is 0 Å². The molecule has 2 N–H and O–H groups in total. The van der Waals surface area contributed by atoms with E-state index in [4.69, 9.17) is 0 Å². The Morgan fingerprint density at radius 1 is 0.947 bits per heavy atom. The summed E-state index contributed by atoms with van der Waals surface area (Å²) in [4.78, 5) is 0. The van der Waals surface area contributed by atoms with Crippen molar-refractivity contribution in [3.63, 3.8) is 0 Å². The van der Waals surface area contributed by atoms with Crippen molar-refractivity contribution in [1.29, 1.82) is 0 Å². The van der Waals surface area contributed by atoms with Crippen LogP contribution in [0.3, 0.4) is 0 Å². The Hall–Kier alpha value is -1.24. The van der Waals surface area contributed by atoms with Gasteiger partial charge in [0.2, 0.25) is 17.9 Å². The maximum absolute atomic E-state index is 13.4. The standard InChI is InChI=1S/C12H13F6N/c13-5-3-1-2-4-9(15)19-8-6-7(14)10(16)12(18)11(8)17/h6,9,19H,1-5H2/p+1. The van der Waals surface area contributed by atoms with Crippen LogP contribution in [0.5, 0.6) is 0 Å². The number of alkyl halides is 2. The van der Waals surface area contributed by atoms with E-state index in [1.54, 1.807) is 0 Å². The van der Waals surface area contributed by atoms with Crippen LogP contribution in [-0.4, -0.2) is 13.0 Å². The summed E-state index contributed by atoms with van der Waals surface area (Å²) in [5.74, 6) is -7.08. The molecular formula is C12H14F6N+. The lowest BCUT2D eigenvalue weighted by molar-refractivity contribution is -0.641. The highest BCUT2D eigenvalue weighted by molar-refractivity contribution is 5.32. The Bertz CT molecular complexity index is 423. The molecule has 0 saturated heterocycles. The quantitative estimate of drug-likeness (QED) is 0.198. The number of halogens is 6. The van der Waals surface area contributed by atoms with Crippen LogP contribution < -0.4 is 5.32 Å². The van der Waals surface area contributed by atoms with Crippen molar-refractivity contribution in [1.82, 2.24) is 0 Å². The van der Waals surface area contributed by atoms with E-state index in [-0.39, 0.29) is 6.42 Å². The highest BCUT2D eigenvalue weighted by Crippen LogP contribution is 2.19. The second-order valence-electron chi connectivity index (χ2n) is 4.11. The summed E-state index contributed by atoms with van der Waals surface area (Å²) in [6.07, 6.45) is -0.492. The van der Waals surface area contributed by atoms with Gasteiger partial charge in [-0.25, -0.2) is 13.2 Å². The molecule has 0 bridgehead atoms. The summed E-state index contributed by atoms with van der Waals surface area (Å²) < 4.78 is 76.8. The molecule has 1 aromatic rings. The van der Waals surface area contributed by atoms with Crippen LogP contribution in [0.15, 0.2) is 6.07 Å². The second-order valence-corrected chi connectivity index (χ2v) is 4.11. The van der Waals surface area contributed by atoms with Gasteiger partial charge in [-0.1, -0.05) is 6.42 Å². The van der Waals surface area contributed by atoms with E-state index in [0.717, 1.165) is 0 Å². The van der Waals surface area contributed by atoms with E-state index >= 15 is 0 Å². The van der Waals surface area contributed by atoms with Crippen molar-refractivity contribution in [2.24, 2.45) is 0 Å². The lowest BCUT2D eigenvalue weighted by atomic mass is 10.2. The summed E-state index contributed by atoms with van der Waals surface area (Å²) >= 11 is 0. The van der Waals surface area contributed by atoms with E-state index < -0.39 is 41.9 Å². The molecule has 0 fully saturated rings. The first-order chi connectivity index (χ1) is 8.97. The molecule has 0 heterocycles. The summed E-state index contributed by atoms with van der Waals surface area (Å²) in [5.41, 5.74) is -0.658. The summed E-state index contributed by atoms with van der Waals surface area (Å²) in [5, 5.41) is 0.691. The minimum absolute atomic E-state index is 0.0138. The van der Waals surface area contributed by atoms with Crippen LogP contribution in [0.4, 0.5) is 32.0 Å². The van der Waals surface area contributed by atoms with Crippen LogP contribution in [0, 0.1) is 23.3 Å². The highest BCUT2D eigenvalue weighted by Gasteiger charge is 2.23. The molecule has 0 aliphatic heterocycles. The van der Waals surface area contributed by atoms with Crippen LogP contribution in [0.25, 0.3) is 0 Å². The number of benzene rings is 1. The lowest BCUT2D eigenvalue weighted by Gasteiger charge is -2.08. The average Bonchev–Trinajstić information content (AvgIpc) is 2.38. The highest BCUT2D eigenvalue weighted by atomic mass is 19.2. The van der Waals surface area contributed by atoms with Gasteiger partial charge in [-0.3, -0.25) is 9.71 Å². The zero-order valence-electron chi connectivity index (χ0n) is 10.0. The molecule has 0 radical (unpaired) electrons. The smallest absolute Gasteiger partial charge is 0.233 e. The minimum atomic E-state index is -1.96. The molecule has 1 atom stereocenters. The van der Waals surface area contributed by atoms with Gasteiger partial charge in [0.05, 0.1) is 6.67 Å². The normalized spacial score (nSPS) is 12.7. The SMILES string of the molecule is FCCCCCC(F)[NH2+]c1cc(F)c(F)c(F)c1F. The number of rotatable bonds is 7. The molecule has 1 rings (SSSR count).